The lowest BCUT2D eigenvalue weighted by Crippen LogP contribution is -2.33. The minimum Gasteiger partial charge on any atom is -0.330 e. The first-order valence-electron chi connectivity index (χ1n) is 6.78. The molecule has 1 aromatic carbocycles. The first-order valence-corrected chi connectivity index (χ1v) is 6.78. The molecule has 0 bridgehead atoms. The van der Waals surface area contributed by atoms with Gasteiger partial charge in [-0.3, -0.25) is 4.79 Å². The summed E-state index contributed by atoms with van der Waals surface area (Å²) in [5.41, 5.74) is 7.76. The van der Waals surface area contributed by atoms with Gasteiger partial charge in [0.05, 0.1) is 0 Å². The monoisotopic (exact) mass is 246 g/mol. The molecular weight excluding hydrogens is 224 g/mol. The molecule has 0 radical (unpaired) electrons. The van der Waals surface area contributed by atoms with Gasteiger partial charge in [-0.15, -0.1) is 0 Å². The Morgan fingerprint density at radius 3 is 2.72 bits per heavy atom. The minimum absolute atomic E-state index is 0.250. The molecule has 98 valence electrons. The van der Waals surface area contributed by atoms with Crippen molar-refractivity contribution in [3.05, 3.63) is 29.8 Å². The van der Waals surface area contributed by atoms with Crippen LogP contribution in [-0.2, 0) is 4.79 Å². The van der Waals surface area contributed by atoms with Crippen LogP contribution in [0.5, 0.6) is 0 Å². The fourth-order valence-corrected chi connectivity index (χ4v) is 2.17. The third kappa shape index (κ3) is 3.33. The van der Waals surface area contributed by atoms with Crippen molar-refractivity contribution in [1.29, 1.82) is 0 Å². The predicted octanol–water partition coefficient (Wildman–Crippen LogP) is 2.48. The molecule has 2 rings (SSSR count). The number of anilines is 1. The standard InChI is InChI=1S/C15H22N2O/c1-12-5-2-3-6-14(12)17(10-4-9-16)15(18)11-13-7-8-13/h2-3,5-6,13H,4,7-11,16H2,1H3. The van der Waals surface area contributed by atoms with Crippen LogP contribution in [0.4, 0.5) is 5.69 Å². The van der Waals surface area contributed by atoms with E-state index in [0.717, 1.165) is 24.2 Å². The van der Waals surface area contributed by atoms with Crippen LogP contribution in [0.2, 0.25) is 0 Å². The summed E-state index contributed by atoms with van der Waals surface area (Å²) in [5.74, 6) is 0.877. The van der Waals surface area contributed by atoms with Gasteiger partial charge in [0.15, 0.2) is 0 Å². The fourth-order valence-electron chi connectivity index (χ4n) is 2.17. The Kier molecular flexibility index (Phi) is 4.37. The van der Waals surface area contributed by atoms with Crippen molar-refractivity contribution in [3.8, 4) is 0 Å². The molecule has 0 aromatic heterocycles. The molecule has 0 heterocycles. The largest absolute Gasteiger partial charge is 0.330 e. The third-order valence-electron chi connectivity index (χ3n) is 3.45. The molecule has 3 nitrogen and oxygen atoms in total. The van der Waals surface area contributed by atoms with E-state index in [1.807, 2.05) is 23.1 Å². The number of amides is 1. The normalized spacial score (nSPS) is 14.6. The summed E-state index contributed by atoms with van der Waals surface area (Å²) in [7, 11) is 0. The van der Waals surface area contributed by atoms with E-state index < -0.39 is 0 Å². The van der Waals surface area contributed by atoms with E-state index in [1.54, 1.807) is 0 Å². The molecule has 3 heteroatoms. The maximum absolute atomic E-state index is 12.3. The second-order valence-corrected chi connectivity index (χ2v) is 5.12. The quantitative estimate of drug-likeness (QED) is 0.838. The fraction of sp³-hybridized carbons (Fsp3) is 0.533. The average molecular weight is 246 g/mol. The summed E-state index contributed by atoms with van der Waals surface area (Å²) < 4.78 is 0. The Balaban J connectivity index is 2.12. The average Bonchev–Trinajstić information content (AvgIpc) is 3.15. The highest BCUT2D eigenvalue weighted by atomic mass is 16.2. The number of carbonyl (C=O) groups excluding carboxylic acids is 1. The van der Waals surface area contributed by atoms with E-state index in [2.05, 4.69) is 13.0 Å². The Morgan fingerprint density at radius 1 is 1.39 bits per heavy atom. The molecule has 0 unspecified atom stereocenters. The van der Waals surface area contributed by atoms with Crippen molar-refractivity contribution >= 4 is 11.6 Å². The maximum Gasteiger partial charge on any atom is 0.227 e. The van der Waals surface area contributed by atoms with Gasteiger partial charge in [0.2, 0.25) is 5.91 Å². The molecule has 0 saturated heterocycles. The molecular formula is C15H22N2O. The number of nitrogens with zero attached hydrogens (tertiary/aromatic N) is 1. The number of hydrogen-bond acceptors (Lipinski definition) is 2. The van der Waals surface area contributed by atoms with E-state index in [-0.39, 0.29) is 5.91 Å². The lowest BCUT2D eigenvalue weighted by Gasteiger charge is -2.24. The summed E-state index contributed by atoms with van der Waals surface area (Å²) in [5, 5.41) is 0. The smallest absolute Gasteiger partial charge is 0.227 e. The Hall–Kier alpha value is -1.35. The zero-order valence-electron chi connectivity index (χ0n) is 11.1. The number of carbonyl (C=O) groups is 1. The Labute approximate surface area is 109 Å². The van der Waals surface area contributed by atoms with Crippen LogP contribution in [0.1, 0.15) is 31.2 Å². The molecule has 1 aromatic rings. The zero-order chi connectivity index (χ0) is 13.0. The number of para-hydroxylation sites is 1. The zero-order valence-corrected chi connectivity index (χ0v) is 11.1. The number of rotatable bonds is 6. The highest BCUT2D eigenvalue weighted by Gasteiger charge is 2.27. The van der Waals surface area contributed by atoms with E-state index in [0.29, 0.717) is 18.9 Å². The highest BCUT2D eigenvalue weighted by Crippen LogP contribution is 2.33. The SMILES string of the molecule is Cc1ccccc1N(CCCN)C(=O)CC1CC1. The molecule has 2 N–H and O–H groups in total. The van der Waals surface area contributed by atoms with Gasteiger partial charge in [-0.1, -0.05) is 18.2 Å². The highest BCUT2D eigenvalue weighted by molar-refractivity contribution is 5.94. The van der Waals surface area contributed by atoms with Crippen LogP contribution in [0.3, 0.4) is 0 Å². The van der Waals surface area contributed by atoms with Crippen molar-refractivity contribution < 1.29 is 4.79 Å². The van der Waals surface area contributed by atoms with E-state index >= 15 is 0 Å². The summed E-state index contributed by atoms with van der Waals surface area (Å²) >= 11 is 0. The van der Waals surface area contributed by atoms with Crippen molar-refractivity contribution in [2.45, 2.75) is 32.6 Å². The van der Waals surface area contributed by atoms with Crippen LogP contribution in [0.15, 0.2) is 24.3 Å². The molecule has 0 aliphatic heterocycles. The maximum atomic E-state index is 12.3. The molecule has 18 heavy (non-hydrogen) atoms. The lowest BCUT2D eigenvalue weighted by molar-refractivity contribution is -0.118. The van der Waals surface area contributed by atoms with Gasteiger partial charge in [0.25, 0.3) is 0 Å². The summed E-state index contributed by atoms with van der Waals surface area (Å²) in [6.45, 7) is 3.40. The van der Waals surface area contributed by atoms with Gasteiger partial charge >= 0.3 is 0 Å². The second-order valence-electron chi connectivity index (χ2n) is 5.12. The van der Waals surface area contributed by atoms with E-state index in [9.17, 15) is 4.79 Å². The number of hydrogen-bond donors (Lipinski definition) is 1. The molecule has 1 saturated carbocycles. The van der Waals surface area contributed by atoms with Crippen LogP contribution in [0.25, 0.3) is 0 Å². The Morgan fingerprint density at radius 2 is 2.11 bits per heavy atom. The van der Waals surface area contributed by atoms with Crippen LogP contribution in [-0.4, -0.2) is 19.0 Å². The lowest BCUT2D eigenvalue weighted by atomic mass is 10.1. The molecule has 0 atom stereocenters. The summed E-state index contributed by atoms with van der Waals surface area (Å²) in [6.07, 6.45) is 3.97. The first-order chi connectivity index (χ1) is 8.72. The number of benzene rings is 1. The van der Waals surface area contributed by atoms with Gasteiger partial charge in [0, 0.05) is 18.7 Å². The molecule has 1 aliphatic carbocycles. The predicted molar refractivity (Wildman–Crippen MR) is 74.5 cm³/mol. The first kappa shape index (κ1) is 13.1. The molecule has 0 spiro atoms. The van der Waals surface area contributed by atoms with Gasteiger partial charge in [-0.2, -0.15) is 0 Å². The van der Waals surface area contributed by atoms with E-state index in [1.165, 1.54) is 12.8 Å². The molecule has 1 fully saturated rings. The second kappa shape index (κ2) is 6.01. The van der Waals surface area contributed by atoms with Crippen molar-refractivity contribution in [2.75, 3.05) is 18.0 Å². The van der Waals surface area contributed by atoms with Crippen molar-refractivity contribution in [3.63, 3.8) is 0 Å². The van der Waals surface area contributed by atoms with Crippen LogP contribution >= 0.6 is 0 Å². The third-order valence-corrected chi connectivity index (χ3v) is 3.45. The summed E-state index contributed by atoms with van der Waals surface area (Å²) in [4.78, 5) is 14.3. The minimum atomic E-state index is 0.250. The topological polar surface area (TPSA) is 46.3 Å². The van der Waals surface area contributed by atoms with Gasteiger partial charge in [-0.25, -0.2) is 0 Å². The van der Waals surface area contributed by atoms with Crippen molar-refractivity contribution in [2.24, 2.45) is 11.7 Å². The van der Waals surface area contributed by atoms with Gasteiger partial charge in [0.1, 0.15) is 0 Å². The molecule has 1 amide bonds. The van der Waals surface area contributed by atoms with Gasteiger partial charge in [-0.05, 0) is 50.3 Å². The number of aryl methyl sites for hydroxylation is 1. The van der Waals surface area contributed by atoms with Crippen LogP contribution in [0, 0.1) is 12.8 Å². The number of nitrogens with two attached hydrogens (primary N) is 1. The van der Waals surface area contributed by atoms with Crippen molar-refractivity contribution in [1.82, 2.24) is 0 Å². The van der Waals surface area contributed by atoms with Crippen LogP contribution < -0.4 is 10.6 Å². The van der Waals surface area contributed by atoms with E-state index in [4.69, 9.17) is 5.73 Å². The summed E-state index contributed by atoms with van der Waals surface area (Å²) in [6, 6.07) is 8.07. The van der Waals surface area contributed by atoms with Gasteiger partial charge < -0.3 is 10.6 Å². The molecule has 1 aliphatic rings. The Bertz CT molecular complexity index is 413.